The summed E-state index contributed by atoms with van der Waals surface area (Å²) in [6, 6.07) is 0. The first-order valence-corrected chi connectivity index (χ1v) is 3.45. The summed E-state index contributed by atoms with van der Waals surface area (Å²) in [6.45, 7) is -0.452. The van der Waals surface area contributed by atoms with Crippen LogP contribution in [0.25, 0.3) is 0 Å². The van der Waals surface area contributed by atoms with Crippen LogP contribution in [0.15, 0.2) is 23.8 Å². The Morgan fingerprint density at radius 2 is 2.08 bits per heavy atom. The van der Waals surface area contributed by atoms with Crippen LogP contribution in [-0.2, 0) is 14.3 Å². The topological polar surface area (TPSA) is 52.6 Å². The lowest BCUT2D eigenvalue weighted by atomic mass is 10.1. The SMILES string of the molecule is O=C(Cl)OCOC(=O)C1=CC=C1. The number of carbonyl (C=O) groups is 2. The van der Waals surface area contributed by atoms with Gasteiger partial charge in [-0.3, -0.25) is 0 Å². The molecule has 0 heterocycles. The molecule has 0 atom stereocenters. The fraction of sp³-hybridized carbons (Fsp3) is 0.143. The van der Waals surface area contributed by atoms with Crippen molar-refractivity contribution >= 4 is 23.0 Å². The van der Waals surface area contributed by atoms with E-state index in [2.05, 4.69) is 9.47 Å². The monoisotopic (exact) mass is 188 g/mol. The lowest BCUT2D eigenvalue weighted by molar-refractivity contribution is -0.146. The molecule has 0 aliphatic heterocycles. The fourth-order valence-corrected chi connectivity index (χ4v) is 0.586. The molecule has 64 valence electrons. The number of halogens is 1. The Balaban J connectivity index is 2.15. The summed E-state index contributed by atoms with van der Waals surface area (Å²) in [5, 5.41) is 0. The maximum Gasteiger partial charge on any atom is 0.406 e. The van der Waals surface area contributed by atoms with Crippen molar-refractivity contribution in [2.24, 2.45) is 0 Å². The summed E-state index contributed by atoms with van der Waals surface area (Å²) in [5.74, 6) is -0.532. The van der Waals surface area contributed by atoms with Crippen molar-refractivity contribution in [3.8, 4) is 0 Å². The molecule has 0 radical (unpaired) electrons. The maximum absolute atomic E-state index is 10.8. The molecule has 0 bridgehead atoms. The highest BCUT2D eigenvalue weighted by Gasteiger charge is 2.11. The average molecular weight is 189 g/mol. The van der Waals surface area contributed by atoms with Crippen molar-refractivity contribution in [2.75, 3.05) is 6.79 Å². The Kier molecular flexibility index (Phi) is 2.88. The van der Waals surface area contributed by atoms with Crippen molar-refractivity contribution < 1.29 is 19.1 Å². The fourth-order valence-electron chi connectivity index (χ4n) is 0.541. The zero-order chi connectivity index (χ0) is 8.97. The summed E-state index contributed by atoms with van der Waals surface area (Å²) < 4.78 is 8.63. The van der Waals surface area contributed by atoms with Gasteiger partial charge in [-0.05, 0) is 12.2 Å². The zero-order valence-corrected chi connectivity index (χ0v) is 6.71. The number of esters is 1. The van der Waals surface area contributed by atoms with Gasteiger partial charge in [0.05, 0.1) is 5.57 Å². The van der Waals surface area contributed by atoms with Gasteiger partial charge in [-0.2, -0.15) is 0 Å². The molecule has 1 rings (SSSR count). The van der Waals surface area contributed by atoms with Gasteiger partial charge in [0.15, 0.2) is 0 Å². The third-order valence-electron chi connectivity index (χ3n) is 1.15. The van der Waals surface area contributed by atoms with Crippen molar-refractivity contribution in [1.29, 1.82) is 0 Å². The van der Waals surface area contributed by atoms with Crippen molar-refractivity contribution in [3.63, 3.8) is 0 Å². The molecule has 0 aromatic carbocycles. The van der Waals surface area contributed by atoms with Gasteiger partial charge >= 0.3 is 11.4 Å². The van der Waals surface area contributed by atoms with E-state index in [1.165, 1.54) is 0 Å². The quantitative estimate of drug-likeness (QED) is 0.381. The number of carbonyl (C=O) groups excluding carboxylic acids is 2. The van der Waals surface area contributed by atoms with Gasteiger partial charge < -0.3 is 9.47 Å². The summed E-state index contributed by atoms with van der Waals surface area (Å²) in [6.07, 6.45) is 4.87. The second-order valence-corrected chi connectivity index (χ2v) is 2.22. The predicted octanol–water partition coefficient (Wildman–Crippen LogP) is 1.36. The minimum Gasteiger partial charge on any atom is -0.424 e. The molecule has 0 aromatic rings. The Morgan fingerprint density at radius 1 is 1.42 bits per heavy atom. The zero-order valence-electron chi connectivity index (χ0n) is 5.95. The average Bonchev–Trinajstić information content (AvgIpc) is 1.81. The van der Waals surface area contributed by atoms with Crippen LogP contribution < -0.4 is 0 Å². The molecule has 0 amide bonds. The van der Waals surface area contributed by atoms with Crippen LogP contribution in [-0.4, -0.2) is 18.2 Å². The van der Waals surface area contributed by atoms with Crippen LogP contribution >= 0.6 is 11.6 Å². The molecule has 4 nitrogen and oxygen atoms in total. The predicted molar refractivity (Wildman–Crippen MR) is 40.5 cm³/mol. The van der Waals surface area contributed by atoms with Crippen molar-refractivity contribution in [1.82, 2.24) is 0 Å². The van der Waals surface area contributed by atoms with E-state index in [4.69, 9.17) is 11.6 Å². The van der Waals surface area contributed by atoms with E-state index in [-0.39, 0.29) is 0 Å². The smallest absolute Gasteiger partial charge is 0.406 e. The standard InChI is InChI=1S/C7H5ClO4/c8-7(10)12-4-11-6(9)5-2-1-3-5/h1-3H,4H2. The summed E-state index contributed by atoms with van der Waals surface area (Å²) in [4.78, 5) is 20.8. The molecule has 0 saturated carbocycles. The molecule has 0 aromatic heterocycles. The number of rotatable bonds is 3. The van der Waals surface area contributed by atoms with Gasteiger partial charge in [0.2, 0.25) is 6.79 Å². The van der Waals surface area contributed by atoms with Gasteiger partial charge in [-0.1, -0.05) is 6.08 Å². The van der Waals surface area contributed by atoms with Crippen molar-refractivity contribution in [2.45, 2.75) is 0 Å². The van der Waals surface area contributed by atoms with Gasteiger partial charge in [-0.15, -0.1) is 0 Å². The molecule has 0 N–H and O–H groups in total. The first-order chi connectivity index (χ1) is 5.70. The Hall–Kier alpha value is -1.29. The molecular formula is C7H5ClO4. The molecule has 0 fully saturated rings. The van der Waals surface area contributed by atoms with Crippen LogP contribution in [0.5, 0.6) is 0 Å². The number of ether oxygens (including phenoxy) is 2. The van der Waals surface area contributed by atoms with Crippen LogP contribution in [0.1, 0.15) is 0 Å². The Bertz CT molecular complexity index is 267. The number of hydrogen-bond acceptors (Lipinski definition) is 4. The third kappa shape index (κ3) is 2.39. The van der Waals surface area contributed by atoms with Crippen LogP contribution in [0.2, 0.25) is 0 Å². The van der Waals surface area contributed by atoms with E-state index >= 15 is 0 Å². The Labute approximate surface area is 73.4 Å². The number of allylic oxidation sites excluding steroid dienone is 2. The lowest BCUT2D eigenvalue weighted by Gasteiger charge is -2.06. The highest BCUT2D eigenvalue weighted by molar-refractivity contribution is 6.61. The second kappa shape index (κ2) is 3.92. The lowest BCUT2D eigenvalue weighted by Crippen LogP contribution is -2.12. The molecule has 0 saturated heterocycles. The molecule has 0 unspecified atom stereocenters. The molecule has 5 heteroatoms. The van der Waals surface area contributed by atoms with E-state index < -0.39 is 18.2 Å². The molecule has 1 aliphatic rings. The van der Waals surface area contributed by atoms with Crippen LogP contribution in [0.3, 0.4) is 0 Å². The van der Waals surface area contributed by atoms with Crippen LogP contribution in [0, 0.1) is 0 Å². The highest BCUT2D eigenvalue weighted by Crippen LogP contribution is 2.09. The number of hydrogen-bond donors (Lipinski definition) is 0. The van der Waals surface area contributed by atoms with E-state index in [0.717, 1.165) is 0 Å². The van der Waals surface area contributed by atoms with Gasteiger partial charge in [-0.25, -0.2) is 9.59 Å². The van der Waals surface area contributed by atoms with E-state index in [1.54, 1.807) is 18.2 Å². The second-order valence-electron chi connectivity index (χ2n) is 1.91. The Morgan fingerprint density at radius 3 is 2.50 bits per heavy atom. The van der Waals surface area contributed by atoms with Gasteiger partial charge in [0.1, 0.15) is 0 Å². The normalized spacial score (nSPS) is 12.9. The molecule has 1 aliphatic carbocycles. The molecular weight excluding hydrogens is 184 g/mol. The van der Waals surface area contributed by atoms with Gasteiger partial charge in [0, 0.05) is 11.6 Å². The maximum atomic E-state index is 10.8. The van der Waals surface area contributed by atoms with E-state index in [9.17, 15) is 9.59 Å². The van der Waals surface area contributed by atoms with Crippen molar-refractivity contribution in [3.05, 3.63) is 23.8 Å². The van der Waals surface area contributed by atoms with Gasteiger partial charge in [0.25, 0.3) is 0 Å². The van der Waals surface area contributed by atoms with E-state index in [1.807, 2.05) is 0 Å². The minimum atomic E-state index is -0.999. The van der Waals surface area contributed by atoms with Crippen LogP contribution in [0.4, 0.5) is 4.79 Å². The minimum absolute atomic E-state index is 0.445. The first kappa shape index (κ1) is 8.80. The summed E-state index contributed by atoms with van der Waals surface area (Å²) in [7, 11) is 0. The summed E-state index contributed by atoms with van der Waals surface area (Å²) in [5.41, 5.74) is -0.554. The molecule has 0 spiro atoms. The third-order valence-corrected chi connectivity index (χ3v) is 1.26. The van der Waals surface area contributed by atoms with E-state index in [0.29, 0.717) is 5.57 Å². The largest absolute Gasteiger partial charge is 0.424 e. The summed E-state index contributed by atoms with van der Waals surface area (Å²) >= 11 is 4.81. The molecule has 12 heavy (non-hydrogen) atoms. The first-order valence-electron chi connectivity index (χ1n) is 3.08. The highest BCUT2D eigenvalue weighted by atomic mass is 35.5.